The van der Waals surface area contributed by atoms with Crippen molar-refractivity contribution in [2.75, 3.05) is 20.2 Å². The number of hydrogen-bond donors (Lipinski definition) is 2. The number of carbonyl (C=O) groups excluding carboxylic acids is 1. The number of hydrogen-bond acceptors (Lipinski definition) is 3. The molecule has 88 valence electrons. The molecule has 1 unspecified atom stereocenters. The Morgan fingerprint density at radius 1 is 1.47 bits per heavy atom. The summed E-state index contributed by atoms with van der Waals surface area (Å²) in [5, 5.41) is 6.24. The highest BCUT2D eigenvalue weighted by Gasteiger charge is 2.19. The van der Waals surface area contributed by atoms with Crippen molar-refractivity contribution in [3.8, 4) is 0 Å². The molecule has 0 heterocycles. The molecule has 4 nitrogen and oxygen atoms in total. The number of ether oxygens (including phenoxy) is 1. The first-order valence-electron chi connectivity index (χ1n) is 5.75. The zero-order chi connectivity index (χ0) is 11.1. The predicted molar refractivity (Wildman–Crippen MR) is 59.7 cm³/mol. The van der Waals surface area contributed by atoms with E-state index < -0.39 is 0 Å². The third-order valence-corrected chi connectivity index (χ3v) is 2.64. The lowest BCUT2D eigenvalue weighted by Crippen LogP contribution is -2.32. The molecule has 0 aliphatic heterocycles. The van der Waals surface area contributed by atoms with Gasteiger partial charge in [0.05, 0.1) is 6.10 Å². The quantitative estimate of drug-likeness (QED) is 0.584. The monoisotopic (exact) mass is 214 g/mol. The predicted octanol–water partition coefficient (Wildman–Crippen LogP) is 0.670. The molecule has 0 spiro atoms. The van der Waals surface area contributed by atoms with E-state index in [1.54, 1.807) is 7.11 Å². The number of carbonyl (C=O) groups is 1. The Kier molecular flexibility index (Phi) is 5.65. The Bertz CT molecular complexity index is 193. The molecule has 2 N–H and O–H groups in total. The fourth-order valence-electron chi connectivity index (χ4n) is 1.31. The van der Waals surface area contributed by atoms with Crippen LogP contribution >= 0.6 is 0 Å². The first-order valence-corrected chi connectivity index (χ1v) is 5.75. The molecule has 0 aromatic heterocycles. The second-order valence-corrected chi connectivity index (χ2v) is 4.16. The van der Waals surface area contributed by atoms with Crippen molar-refractivity contribution in [3.05, 3.63) is 0 Å². The average molecular weight is 214 g/mol. The summed E-state index contributed by atoms with van der Waals surface area (Å²) >= 11 is 0. The molecule has 0 bridgehead atoms. The molecule has 1 saturated carbocycles. The number of methoxy groups -OCH3 is 1. The van der Waals surface area contributed by atoms with Crippen LogP contribution in [0.3, 0.4) is 0 Å². The van der Waals surface area contributed by atoms with Gasteiger partial charge in [0.1, 0.15) is 0 Å². The lowest BCUT2D eigenvalue weighted by Gasteiger charge is -2.09. The average Bonchev–Trinajstić information content (AvgIpc) is 3.04. The van der Waals surface area contributed by atoms with Gasteiger partial charge in [-0.1, -0.05) is 0 Å². The Hall–Kier alpha value is -0.610. The summed E-state index contributed by atoms with van der Waals surface area (Å²) in [5.41, 5.74) is 0. The van der Waals surface area contributed by atoms with Gasteiger partial charge in [0.2, 0.25) is 5.91 Å². The highest BCUT2D eigenvalue weighted by atomic mass is 16.5. The highest BCUT2D eigenvalue weighted by molar-refractivity contribution is 5.75. The van der Waals surface area contributed by atoms with Crippen molar-refractivity contribution in [1.29, 1.82) is 0 Å². The second kappa shape index (κ2) is 6.80. The van der Waals surface area contributed by atoms with Crippen LogP contribution in [0.1, 0.15) is 32.6 Å². The largest absolute Gasteiger partial charge is 0.382 e. The van der Waals surface area contributed by atoms with E-state index in [2.05, 4.69) is 10.6 Å². The van der Waals surface area contributed by atoms with E-state index in [9.17, 15) is 4.79 Å². The maximum Gasteiger partial charge on any atom is 0.220 e. The summed E-state index contributed by atoms with van der Waals surface area (Å²) in [6.45, 7) is 3.59. The Morgan fingerprint density at radius 3 is 2.80 bits per heavy atom. The van der Waals surface area contributed by atoms with E-state index in [4.69, 9.17) is 4.74 Å². The Labute approximate surface area is 91.8 Å². The minimum atomic E-state index is 0.122. The first-order chi connectivity index (χ1) is 7.22. The van der Waals surface area contributed by atoms with Crippen molar-refractivity contribution in [1.82, 2.24) is 10.6 Å². The van der Waals surface area contributed by atoms with Gasteiger partial charge in [0.15, 0.2) is 0 Å². The first kappa shape index (κ1) is 12.5. The van der Waals surface area contributed by atoms with Gasteiger partial charge in [-0.05, 0) is 26.2 Å². The Balaban J connectivity index is 1.88. The van der Waals surface area contributed by atoms with Gasteiger partial charge in [-0.15, -0.1) is 0 Å². The molecular formula is C11H22N2O2. The summed E-state index contributed by atoms with van der Waals surface area (Å²) < 4.78 is 5.07. The molecule has 1 aliphatic rings. The van der Waals surface area contributed by atoms with Crippen molar-refractivity contribution >= 4 is 5.91 Å². The van der Waals surface area contributed by atoms with Gasteiger partial charge in [0.25, 0.3) is 0 Å². The van der Waals surface area contributed by atoms with Gasteiger partial charge in [-0.2, -0.15) is 0 Å². The fourth-order valence-corrected chi connectivity index (χ4v) is 1.31. The fraction of sp³-hybridized carbons (Fsp3) is 0.909. The molecule has 1 amide bonds. The van der Waals surface area contributed by atoms with Gasteiger partial charge < -0.3 is 15.4 Å². The summed E-state index contributed by atoms with van der Waals surface area (Å²) in [6, 6.07) is 0.718. The smallest absolute Gasteiger partial charge is 0.220 e. The van der Waals surface area contributed by atoms with Crippen molar-refractivity contribution in [2.24, 2.45) is 0 Å². The lowest BCUT2D eigenvalue weighted by atomic mass is 10.2. The lowest BCUT2D eigenvalue weighted by molar-refractivity contribution is -0.121. The SMILES string of the molecule is COC(C)CCC(=O)NCCNC1CC1. The third kappa shape index (κ3) is 6.47. The van der Waals surface area contributed by atoms with Crippen molar-refractivity contribution in [3.63, 3.8) is 0 Å². The van der Waals surface area contributed by atoms with Crippen molar-refractivity contribution in [2.45, 2.75) is 44.8 Å². The minimum Gasteiger partial charge on any atom is -0.382 e. The molecule has 1 aliphatic carbocycles. The topological polar surface area (TPSA) is 50.4 Å². The van der Waals surface area contributed by atoms with Gasteiger partial charge >= 0.3 is 0 Å². The number of amides is 1. The zero-order valence-corrected chi connectivity index (χ0v) is 9.71. The van der Waals surface area contributed by atoms with E-state index >= 15 is 0 Å². The van der Waals surface area contributed by atoms with Crippen LogP contribution < -0.4 is 10.6 Å². The zero-order valence-electron chi connectivity index (χ0n) is 9.71. The summed E-state index contributed by atoms with van der Waals surface area (Å²) in [7, 11) is 1.67. The van der Waals surface area contributed by atoms with Crippen LogP contribution in [-0.2, 0) is 9.53 Å². The molecule has 0 radical (unpaired) electrons. The maximum absolute atomic E-state index is 11.3. The Morgan fingerprint density at radius 2 is 2.20 bits per heavy atom. The summed E-state index contributed by atoms with van der Waals surface area (Å²) in [5.74, 6) is 0.122. The van der Waals surface area contributed by atoms with Gasteiger partial charge in [-0.25, -0.2) is 0 Å². The molecule has 0 aromatic carbocycles. The molecule has 1 rings (SSSR count). The molecule has 1 atom stereocenters. The van der Waals surface area contributed by atoms with E-state index in [0.717, 1.165) is 25.6 Å². The van der Waals surface area contributed by atoms with Crippen LogP contribution in [0.25, 0.3) is 0 Å². The number of rotatable bonds is 8. The standard InChI is InChI=1S/C11H22N2O2/c1-9(15-2)3-6-11(14)13-8-7-12-10-4-5-10/h9-10,12H,3-8H2,1-2H3,(H,13,14). The third-order valence-electron chi connectivity index (χ3n) is 2.64. The van der Waals surface area contributed by atoms with Gasteiger partial charge in [-0.3, -0.25) is 4.79 Å². The van der Waals surface area contributed by atoms with Crippen LogP contribution in [-0.4, -0.2) is 38.3 Å². The van der Waals surface area contributed by atoms with E-state index in [-0.39, 0.29) is 12.0 Å². The van der Waals surface area contributed by atoms with Crippen LogP contribution in [0.2, 0.25) is 0 Å². The van der Waals surface area contributed by atoms with Crippen LogP contribution in [0, 0.1) is 0 Å². The van der Waals surface area contributed by atoms with E-state index in [0.29, 0.717) is 6.42 Å². The van der Waals surface area contributed by atoms with Crippen LogP contribution in [0.15, 0.2) is 0 Å². The van der Waals surface area contributed by atoms with E-state index in [1.807, 2.05) is 6.92 Å². The molecule has 1 fully saturated rings. The summed E-state index contributed by atoms with van der Waals surface area (Å²) in [6.07, 6.45) is 4.09. The van der Waals surface area contributed by atoms with Crippen LogP contribution in [0.4, 0.5) is 0 Å². The normalized spacial score (nSPS) is 17.5. The molecule has 0 saturated heterocycles. The van der Waals surface area contributed by atoms with Crippen molar-refractivity contribution < 1.29 is 9.53 Å². The summed E-state index contributed by atoms with van der Waals surface area (Å²) in [4.78, 5) is 11.3. The minimum absolute atomic E-state index is 0.122. The molecule has 4 heteroatoms. The highest BCUT2D eigenvalue weighted by Crippen LogP contribution is 2.17. The molecule has 0 aromatic rings. The molecule has 15 heavy (non-hydrogen) atoms. The maximum atomic E-state index is 11.3. The van der Waals surface area contributed by atoms with Crippen LogP contribution in [0.5, 0.6) is 0 Å². The number of nitrogens with one attached hydrogen (secondary N) is 2. The van der Waals surface area contributed by atoms with Gasteiger partial charge in [0, 0.05) is 32.7 Å². The molecular weight excluding hydrogens is 192 g/mol. The van der Waals surface area contributed by atoms with E-state index in [1.165, 1.54) is 12.8 Å². The second-order valence-electron chi connectivity index (χ2n) is 4.16.